The average Bonchev–Trinajstić information content (AvgIpc) is 2.39. The van der Waals surface area contributed by atoms with Gasteiger partial charge in [0.25, 0.3) is 0 Å². The van der Waals surface area contributed by atoms with Gasteiger partial charge in [-0.05, 0) is 13.3 Å². The van der Waals surface area contributed by atoms with Crippen LogP contribution in [-0.2, 0) is 19.1 Å². The lowest BCUT2D eigenvalue weighted by atomic mass is 10.1. The van der Waals surface area contributed by atoms with Crippen molar-refractivity contribution in [1.82, 2.24) is 10.2 Å². The Morgan fingerprint density at radius 3 is 2.89 bits per heavy atom. The molecule has 0 aromatic carbocycles. The molecular formula is C12H22N2O4. The fraction of sp³-hybridized carbons (Fsp3) is 0.833. The Morgan fingerprint density at radius 2 is 2.22 bits per heavy atom. The summed E-state index contributed by atoms with van der Waals surface area (Å²) in [7, 11) is 1.61. The number of methoxy groups -OCH3 is 1. The Labute approximate surface area is 108 Å². The second-order valence-electron chi connectivity index (χ2n) is 4.16. The standard InChI is InChI=1S/C12H22N2O4/c1-3-18-12(16)10-9-13-6-7-14(10)11(15)5-4-8-17-2/h10,13H,3-9H2,1-2H3. The highest BCUT2D eigenvalue weighted by molar-refractivity contribution is 5.85. The molecule has 1 unspecified atom stereocenters. The molecule has 0 aromatic rings. The average molecular weight is 258 g/mol. The van der Waals surface area contributed by atoms with Crippen molar-refractivity contribution in [2.75, 3.05) is 40.0 Å². The van der Waals surface area contributed by atoms with Crippen molar-refractivity contribution < 1.29 is 19.1 Å². The Hall–Kier alpha value is -1.14. The number of ether oxygens (including phenoxy) is 2. The first kappa shape index (κ1) is 14.9. The van der Waals surface area contributed by atoms with Gasteiger partial charge in [-0.1, -0.05) is 0 Å². The molecule has 1 saturated heterocycles. The molecule has 1 rings (SSSR count). The molecule has 0 aliphatic carbocycles. The molecule has 1 aliphatic heterocycles. The number of nitrogens with one attached hydrogen (secondary N) is 1. The molecule has 0 radical (unpaired) electrons. The van der Waals surface area contributed by atoms with E-state index >= 15 is 0 Å². The molecule has 0 aromatic heterocycles. The molecule has 1 amide bonds. The summed E-state index contributed by atoms with van der Waals surface area (Å²) in [4.78, 5) is 25.4. The van der Waals surface area contributed by atoms with Crippen molar-refractivity contribution in [1.29, 1.82) is 0 Å². The SMILES string of the molecule is CCOC(=O)C1CNCCN1C(=O)CCCOC. The van der Waals surface area contributed by atoms with E-state index in [0.717, 1.165) is 0 Å². The van der Waals surface area contributed by atoms with E-state index in [-0.39, 0.29) is 11.9 Å². The van der Waals surface area contributed by atoms with Crippen LogP contribution in [-0.4, -0.2) is 62.8 Å². The van der Waals surface area contributed by atoms with E-state index in [2.05, 4.69) is 5.32 Å². The molecule has 1 atom stereocenters. The highest BCUT2D eigenvalue weighted by Gasteiger charge is 2.32. The normalized spacial score (nSPS) is 19.7. The second-order valence-corrected chi connectivity index (χ2v) is 4.16. The molecule has 6 heteroatoms. The van der Waals surface area contributed by atoms with Crippen LogP contribution >= 0.6 is 0 Å². The first-order chi connectivity index (χ1) is 8.70. The zero-order valence-corrected chi connectivity index (χ0v) is 11.1. The molecule has 18 heavy (non-hydrogen) atoms. The second kappa shape index (κ2) is 8.05. The van der Waals surface area contributed by atoms with Gasteiger partial charge in [-0.25, -0.2) is 4.79 Å². The molecule has 6 nitrogen and oxygen atoms in total. The fourth-order valence-electron chi connectivity index (χ4n) is 1.96. The number of carbonyl (C=O) groups excluding carboxylic acids is 2. The fourth-order valence-corrected chi connectivity index (χ4v) is 1.96. The highest BCUT2D eigenvalue weighted by atomic mass is 16.5. The molecule has 104 valence electrons. The van der Waals surface area contributed by atoms with Gasteiger partial charge < -0.3 is 19.7 Å². The number of esters is 1. The maximum absolute atomic E-state index is 12.0. The summed E-state index contributed by atoms with van der Waals surface area (Å²) in [6.45, 7) is 4.39. The molecule has 1 N–H and O–H groups in total. The van der Waals surface area contributed by atoms with E-state index in [1.807, 2.05) is 0 Å². The van der Waals surface area contributed by atoms with Gasteiger partial charge in [0, 0.05) is 39.8 Å². The van der Waals surface area contributed by atoms with Gasteiger partial charge in [0.1, 0.15) is 6.04 Å². The summed E-state index contributed by atoms with van der Waals surface area (Å²) in [5.41, 5.74) is 0. The lowest BCUT2D eigenvalue weighted by Crippen LogP contribution is -2.57. The van der Waals surface area contributed by atoms with Crippen molar-refractivity contribution in [2.24, 2.45) is 0 Å². The number of hydrogen-bond acceptors (Lipinski definition) is 5. The van der Waals surface area contributed by atoms with Crippen molar-refractivity contribution in [3.05, 3.63) is 0 Å². The molecule has 0 saturated carbocycles. The van der Waals surface area contributed by atoms with Crippen LogP contribution in [0.5, 0.6) is 0 Å². The number of piperazine rings is 1. The first-order valence-electron chi connectivity index (χ1n) is 6.36. The van der Waals surface area contributed by atoms with E-state index in [0.29, 0.717) is 45.7 Å². The Balaban J connectivity index is 2.52. The molecule has 0 bridgehead atoms. The third-order valence-electron chi connectivity index (χ3n) is 2.86. The number of carbonyl (C=O) groups is 2. The van der Waals surface area contributed by atoms with E-state index in [1.165, 1.54) is 0 Å². The maximum atomic E-state index is 12.0. The minimum atomic E-state index is -0.492. The van der Waals surface area contributed by atoms with E-state index in [9.17, 15) is 9.59 Å². The van der Waals surface area contributed by atoms with Crippen molar-refractivity contribution in [3.63, 3.8) is 0 Å². The number of nitrogens with zero attached hydrogens (tertiary/aromatic N) is 1. The van der Waals surface area contributed by atoms with Gasteiger partial charge in [0.2, 0.25) is 5.91 Å². The number of rotatable bonds is 6. The van der Waals surface area contributed by atoms with Gasteiger partial charge in [0.05, 0.1) is 6.61 Å². The van der Waals surface area contributed by atoms with Crippen LogP contribution in [0.25, 0.3) is 0 Å². The first-order valence-corrected chi connectivity index (χ1v) is 6.36. The van der Waals surface area contributed by atoms with E-state index < -0.39 is 6.04 Å². The van der Waals surface area contributed by atoms with Crippen LogP contribution in [0.3, 0.4) is 0 Å². The quantitative estimate of drug-likeness (QED) is 0.527. The zero-order chi connectivity index (χ0) is 13.4. The van der Waals surface area contributed by atoms with Crippen molar-refractivity contribution in [3.8, 4) is 0 Å². The maximum Gasteiger partial charge on any atom is 0.330 e. The summed E-state index contributed by atoms with van der Waals surface area (Å²) in [6, 6.07) is -0.492. The molecule has 1 fully saturated rings. The number of hydrogen-bond donors (Lipinski definition) is 1. The van der Waals surface area contributed by atoms with Gasteiger partial charge in [-0.15, -0.1) is 0 Å². The molecule has 1 aliphatic rings. The van der Waals surface area contributed by atoms with Gasteiger partial charge in [-0.2, -0.15) is 0 Å². The van der Waals surface area contributed by atoms with E-state index in [4.69, 9.17) is 9.47 Å². The van der Waals surface area contributed by atoms with Gasteiger partial charge in [-0.3, -0.25) is 4.79 Å². The van der Waals surface area contributed by atoms with Crippen LogP contribution in [0.2, 0.25) is 0 Å². The van der Waals surface area contributed by atoms with E-state index in [1.54, 1.807) is 18.9 Å². The third kappa shape index (κ3) is 4.27. The largest absolute Gasteiger partial charge is 0.464 e. The lowest BCUT2D eigenvalue weighted by Gasteiger charge is -2.34. The van der Waals surface area contributed by atoms with Crippen LogP contribution in [0.1, 0.15) is 19.8 Å². The zero-order valence-electron chi connectivity index (χ0n) is 11.1. The summed E-state index contributed by atoms with van der Waals surface area (Å²) >= 11 is 0. The minimum Gasteiger partial charge on any atom is -0.464 e. The molecular weight excluding hydrogens is 236 g/mol. The Morgan fingerprint density at radius 1 is 1.44 bits per heavy atom. The minimum absolute atomic E-state index is 0.00777. The third-order valence-corrected chi connectivity index (χ3v) is 2.86. The van der Waals surface area contributed by atoms with Crippen LogP contribution in [0.15, 0.2) is 0 Å². The monoisotopic (exact) mass is 258 g/mol. The van der Waals surface area contributed by atoms with Crippen molar-refractivity contribution >= 4 is 11.9 Å². The topological polar surface area (TPSA) is 67.9 Å². The van der Waals surface area contributed by atoms with Crippen molar-refractivity contribution in [2.45, 2.75) is 25.8 Å². The highest BCUT2D eigenvalue weighted by Crippen LogP contribution is 2.09. The predicted octanol–water partition coefficient (Wildman–Crippen LogP) is -0.223. The lowest BCUT2D eigenvalue weighted by molar-refractivity contribution is -0.155. The number of amides is 1. The summed E-state index contributed by atoms with van der Waals surface area (Å²) in [5, 5.41) is 3.11. The van der Waals surface area contributed by atoms with Crippen LogP contribution < -0.4 is 5.32 Å². The Kier molecular flexibility index (Phi) is 6.67. The summed E-state index contributed by atoms with van der Waals surface area (Å²) in [6.07, 6.45) is 1.08. The van der Waals surface area contributed by atoms with Crippen LogP contribution in [0, 0.1) is 0 Å². The molecule has 1 heterocycles. The summed E-state index contributed by atoms with van der Waals surface area (Å²) in [5.74, 6) is -0.337. The van der Waals surface area contributed by atoms with Gasteiger partial charge >= 0.3 is 5.97 Å². The summed E-state index contributed by atoms with van der Waals surface area (Å²) < 4.78 is 9.91. The molecule has 0 spiro atoms. The Bertz CT molecular complexity index is 283. The predicted molar refractivity (Wildman–Crippen MR) is 66.1 cm³/mol. The smallest absolute Gasteiger partial charge is 0.330 e. The van der Waals surface area contributed by atoms with Gasteiger partial charge in [0.15, 0.2) is 0 Å². The van der Waals surface area contributed by atoms with Crippen LogP contribution in [0.4, 0.5) is 0 Å².